The monoisotopic (exact) mass is 202 g/mol. The fourth-order valence-corrected chi connectivity index (χ4v) is 1.56. The Kier molecular flexibility index (Phi) is 6.05. The van der Waals surface area contributed by atoms with E-state index in [1.807, 2.05) is 6.92 Å². The van der Waals surface area contributed by atoms with Gasteiger partial charge < -0.3 is 10.5 Å². The van der Waals surface area contributed by atoms with Crippen molar-refractivity contribution in [3.05, 3.63) is 12.0 Å². The van der Waals surface area contributed by atoms with Crippen LogP contribution >= 0.6 is 11.8 Å². The molecule has 0 aromatic carbocycles. The molecule has 74 valence electrons. The molecule has 0 aliphatic rings. The molecule has 0 saturated heterocycles. The van der Waals surface area contributed by atoms with E-state index in [0.717, 1.165) is 11.8 Å². The van der Waals surface area contributed by atoms with Gasteiger partial charge >= 0.3 is 0 Å². The van der Waals surface area contributed by atoms with Crippen molar-refractivity contribution in [3.63, 3.8) is 0 Å². The molecule has 4 nitrogen and oxygen atoms in total. The fraction of sp³-hybridized carbons (Fsp3) is 0.500. The summed E-state index contributed by atoms with van der Waals surface area (Å²) >= 11 is 1.16. The summed E-state index contributed by atoms with van der Waals surface area (Å²) in [5.41, 5.74) is 0. The summed E-state index contributed by atoms with van der Waals surface area (Å²) in [6, 6.07) is 0. The van der Waals surface area contributed by atoms with Crippen LogP contribution in [-0.2, 0) is 4.79 Å². The Morgan fingerprint density at radius 3 is 2.77 bits per heavy atom. The Morgan fingerprint density at radius 1 is 1.85 bits per heavy atom. The summed E-state index contributed by atoms with van der Waals surface area (Å²) in [6.45, 7) is 5.35. The minimum Gasteiger partial charge on any atom is -0.410 e. The Balaban J connectivity index is 4.52. The summed E-state index contributed by atoms with van der Waals surface area (Å²) in [6.07, 6.45) is 0.597. The van der Waals surface area contributed by atoms with Crippen molar-refractivity contribution >= 4 is 22.7 Å². The number of oxime groups is 1. The van der Waals surface area contributed by atoms with E-state index in [1.165, 1.54) is 5.41 Å². The molecule has 0 aromatic heterocycles. The van der Waals surface area contributed by atoms with E-state index in [2.05, 4.69) is 17.1 Å². The highest BCUT2D eigenvalue weighted by molar-refractivity contribution is 8.16. The number of hydrogen-bond donors (Lipinski definition) is 2. The van der Waals surface area contributed by atoms with Crippen LogP contribution in [0.25, 0.3) is 0 Å². The molecule has 1 amide bonds. The predicted molar refractivity (Wildman–Crippen MR) is 54.9 cm³/mol. The molecule has 0 radical (unpaired) electrons. The molecule has 0 aromatic rings. The SMILES string of the molecule is C=CS/C(=N\O)C(CC)C(=O)NC. The third kappa shape index (κ3) is 3.50. The molecule has 0 fully saturated rings. The lowest BCUT2D eigenvalue weighted by atomic mass is 10.1. The lowest BCUT2D eigenvalue weighted by Gasteiger charge is -2.12. The van der Waals surface area contributed by atoms with Gasteiger partial charge in [0.05, 0.1) is 5.92 Å². The van der Waals surface area contributed by atoms with Gasteiger partial charge in [-0.3, -0.25) is 4.79 Å². The number of amides is 1. The summed E-state index contributed by atoms with van der Waals surface area (Å²) in [7, 11) is 1.55. The molecular weight excluding hydrogens is 188 g/mol. The third-order valence-electron chi connectivity index (χ3n) is 1.57. The van der Waals surface area contributed by atoms with Gasteiger partial charge in [0.25, 0.3) is 0 Å². The van der Waals surface area contributed by atoms with Gasteiger partial charge in [-0.05, 0) is 11.8 Å². The largest absolute Gasteiger partial charge is 0.410 e. The van der Waals surface area contributed by atoms with Crippen LogP contribution in [0.15, 0.2) is 17.1 Å². The minimum absolute atomic E-state index is 0.148. The van der Waals surface area contributed by atoms with E-state index in [4.69, 9.17) is 5.21 Å². The van der Waals surface area contributed by atoms with Crippen LogP contribution in [0.5, 0.6) is 0 Å². The number of thioether (sulfide) groups is 1. The Labute approximate surface area is 82.1 Å². The third-order valence-corrected chi connectivity index (χ3v) is 2.35. The van der Waals surface area contributed by atoms with Crippen LogP contribution in [0.2, 0.25) is 0 Å². The maximum atomic E-state index is 11.3. The summed E-state index contributed by atoms with van der Waals surface area (Å²) in [5, 5.41) is 16.1. The quantitative estimate of drug-likeness (QED) is 0.314. The molecule has 0 aliphatic heterocycles. The predicted octanol–water partition coefficient (Wildman–Crippen LogP) is 1.42. The van der Waals surface area contributed by atoms with Crippen LogP contribution < -0.4 is 5.32 Å². The van der Waals surface area contributed by atoms with E-state index in [-0.39, 0.29) is 5.91 Å². The molecule has 1 atom stereocenters. The second kappa shape index (κ2) is 6.54. The Hall–Kier alpha value is -0.970. The van der Waals surface area contributed by atoms with Gasteiger partial charge in [-0.2, -0.15) is 0 Å². The van der Waals surface area contributed by atoms with Crippen molar-refractivity contribution in [2.45, 2.75) is 13.3 Å². The summed E-state index contributed by atoms with van der Waals surface area (Å²) in [5.74, 6) is -0.539. The van der Waals surface area contributed by atoms with Crippen LogP contribution in [0.4, 0.5) is 0 Å². The lowest BCUT2D eigenvalue weighted by molar-refractivity contribution is -0.122. The van der Waals surface area contributed by atoms with Crippen LogP contribution in [0.1, 0.15) is 13.3 Å². The average Bonchev–Trinajstić information content (AvgIpc) is 2.17. The van der Waals surface area contributed by atoms with Gasteiger partial charge in [-0.15, -0.1) is 0 Å². The van der Waals surface area contributed by atoms with Gasteiger partial charge in [0.2, 0.25) is 5.91 Å². The van der Waals surface area contributed by atoms with Crippen molar-refractivity contribution in [3.8, 4) is 0 Å². The molecule has 13 heavy (non-hydrogen) atoms. The topological polar surface area (TPSA) is 61.7 Å². The standard InChI is InChI=1S/C8H14N2O2S/c1-4-6(7(11)9-3)8(10-12)13-5-2/h5-6,12H,2,4H2,1,3H3,(H,9,11)/b10-8-. The number of nitrogens with zero attached hydrogens (tertiary/aromatic N) is 1. The van der Waals surface area contributed by atoms with Gasteiger partial charge in [0.15, 0.2) is 0 Å². The molecule has 5 heteroatoms. The highest BCUT2D eigenvalue weighted by Gasteiger charge is 2.21. The maximum Gasteiger partial charge on any atom is 0.229 e. The first-order valence-electron chi connectivity index (χ1n) is 3.92. The number of hydrogen-bond acceptors (Lipinski definition) is 4. The van der Waals surface area contributed by atoms with E-state index < -0.39 is 5.92 Å². The normalized spacial score (nSPS) is 13.5. The first-order valence-corrected chi connectivity index (χ1v) is 4.80. The van der Waals surface area contributed by atoms with Gasteiger partial charge in [-0.1, -0.05) is 30.4 Å². The second-order valence-corrected chi connectivity index (χ2v) is 3.29. The van der Waals surface area contributed by atoms with Crippen LogP contribution in [-0.4, -0.2) is 23.2 Å². The van der Waals surface area contributed by atoms with Gasteiger partial charge in [-0.25, -0.2) is 0 Å². The molecule has 0 saturated carbocycles. The van der Waals surface area contributed by atoms with E-state index in [0.29, 0.717) is 11.5 Å². The van der Waals surface area contributed by atoms with Crippen LogP contribution in [0, 0.1) is 5.92 Å². The number of nitrogens with one attached hydrogen (secondary N) is 1. The molecule has 0 spiro atoms. The molecular formula is C8H14N2O2S. The average molecular weight is 202 g/mol. The fourth-order valence-electron chi connectivity index (χ4n) is 0.907. The van der Waals surface area contributed by atoms with Gasteiger partial charge in [0, 0.05) is 7.05 Å². The number of carbonyl (C=O) groups excluding carboxylic acids is 1. The molecule has 0 rings (SSSR count). The molecule has 0 bridgehead atoms. The Morgan fingerprint density at radius 2 is 2.46 bits per heavy atom. The van der Waals surface area contributed by atoms with Crippen LogP contribution in [0.3, 0.4) is 0 Å². The summed E-state index contributed by atoms with van der Waals surface area (Å²) < 4.78 is 0. The first-order chi connectivity index (χ1) is 6.21. The molecule has 0 heterocycles. The molecule has 0 aliphatic carbocycles. The lowest BCUT2D eigenvalue weighted by Crippen LogP contribution is -2.31. The van der Waals surface area contributed by atoms with Crippen molar-refractivity contribution < 1.29 is 10.0 Å². The minimum atomic E-state index is -0.391. The van der Waals surface area contributed by atoms with Gasteiger partial charge in [0.1, 0.15) is 5.04 Å². The van der Waals surface area contributed by atoms with Crippen molar-refractivity contribution in [1.82, 2.24) is 5.32 Å². The first kappa shape index (κ1) is 12.0. The Bertz CT molecular complexity index is 216. The molecule has 1 unspecified atom stereocenters. The number of rotatable bonds is 4. The van der Waals surface area contributed by atoms with Crippen molar-refractivity contribution in [2.75, 3.05) is 7.05 Å². The highest BCUT2D eigenvalue weighted by Crippen LogP contribution is 2.16. The van der Waals surface area contributed by atoms with Crippen molar-refractivity contribution in [1.29, 1.82) is 0 Å². The highest BCUT2D eigenvalue weighted by atomic mass is 32.2. The molecule has 2 N–H and O–H groups in total. The van der Waals surface area contributed by atoms with Crippen molar-refractivity contribution in [2.24, 2.45) is 11.1 Å². The second-order valence-electron chi connectivity index (χ2n) is 2.30. The maximum absolute atomic E-state index is 11.3. The zero-order valence-corrected chi connectivity index (χ0v) is 8.60. The van der Waals surface area contributed by atoms with E-state index in [9.17, 15) is 4.79 Å². The smallest absolute Gasteiger partial charge is 0.229 e. The van der Waals surface area contributed by atoms with E-state index in [1.54, 1.807) is 7.05 Å². The summed E-state index contributed by atoms with van der Waals surface area (Å²) in [4.78, 5) is 11.3. The number of carbonyl (C=O) groups is 1. The van der Waals surface area contributed by atoms with E-state index >= 15 is 0 Å². The zero-order chi connectivity index (χ0) is 10.3. The zero-order valence-electron chi connectivity index (χ0n) is 7.78.